The zero-order valence-electron chi connectivity index (χ0n) is 8.36. The molecule has 13 heavy (non-hydrogen) atoms. The molecule has 0 aromatic heterocycles. The van der Waals surface area contributed by atoms with E-state index in [1.165, 1.54) is 0 Å². The van der Waals surface area contributed by atoms with Crippen molar-refractivity contribution in [1.29, 1.82) is 0 Å². The third-order valence-electron chi connectivity index (χ3n) is 0.771. The van der Waals surface area contributed by atoms with Crippen LogP contribution in [-0.2, 0) is 10.1 Å². The van der Waals surface area contributed by atoms with Gasteiger partial charge in [-0.3, -0.25) is 4.55 Å². The number of halogens is 1. The van der Waals surface area contributed by atoms with Gasteiger partial charge in [0, 0.05) is 0 Å². The fourth-order valence-electron chi connectivity index (χ4n) is 0.300. The number of quaternary nitrogens is 1. The Morgan fingerprint density at radius 2 is 1.46 bits per heavy atom. The lowest BCUT2D eigenvalue weighted by atomic mass is 10.5. The largest absolute Gasteiger partial charge is 1.00 e. The van der Waals surface area contributed by atoms with Crippen molar-refractivity contribution in [3.05, 3.63) is 0 Å². The first-order valence-electron chi connectivity index (χ1n) is 3.40. The van der Waals surface area contributed by atoms with Crippen LogP contribution in [0.4, 0.5) is 0 Å². The summed E-state index contributed by atoms with van der Waals surface area (Å²) in [5.41, 5.74) is 0. The average molecular weight is 236 g/mol. The number of hydrogen-bond donors (Lipinski definition) is 2. The van der Waals surface area contributed by atoms with E-state index >= 15 is 0 Å². The minimum absolute atomic E-state index is 0. The first-order valence-corrected chi connectivity index (χ1v) is 5.25. The molecular weight excluding hydrogens is 218 g/mol. The van der Waals surface area contributed by atoms with Crippen molar-refractivity contribution >= 4 is 10.1 Å². The van der Waals surface area contributed by atoms with E-state index in [-0.39, 0.29) is 19.0 Å². The second-order valence-corrected chi connectivity index (χ2v) is 4.94. The van der Waals surface area contributed by atoms with Crippen LogP contribution in [0, 0.1) is 0 Å². The van der Waals surface area contributed by atoms with Crippen LogP contribution in [0.2, 0.25) is 0 Å². The van der Waals surface area contributed by atoms with Crippen molar-refractivity contribution < 1.29 is 35.0 Å². The topological polar surface area (TPSA) is 74.6 Å². The standard InChI is InChI=1S/C5H14NO.CH4O3S.ClH/c1-6(2,3)4-5-7;1-5(2,3)4;/h7H,4-5H2,1-3H3;1H3,(H,2,3,4);1H/q+1;;/p-1. The summed E-state index contributed by atoms with van der Waals surface area (Å²) in [6.07, 6.45) is 0.715. The fourth-order valence-corrected chi connectivity index (χ4v) is 0.300. The minimum atomic E-state index is -3.67. The molecule has 0 atom stereocenters. The quantitative estimate of drug-likeness (QED) is 0.380. The van der Waals surface area contributed by atoms with Gasteiger partial charge in [0.15, 0.2) is 0 Å². The van der Waals surface area contributed by atoms with Gasteiger partial charge in [0.2, 0.25) is 0 Å². The average Bonchev–Trinajstić information content (AvgIpc) is 1.54. The third-order valence-corrected chi connectivity index (χ3v) is 0.771. The van der Waals surface area contributed by atoms with Crippen LogP contribution < -0.4 is 12.4 Å². The molecule has 0 aromatic rings. The summed E-state index contributed by atoms with van der Waals surface area (Å²) in [4.78, 5) is 0. The van der Waals surface area contributed by atoms with Crippen molar-refractivity contribution in [2.75, 3.05) is 40.6 Å². The highest BCUT2D eigenvalue weighted by Crippen LogP contribution is 1.84. The van der Waals surface area contributed by atoms with Gasteiger partial charge in [-0.2, -0.15) is 8.42 Å². The number of nitrogens with zero attached hydrogens (tertiary/aromatic N) is 1. The number of aliphatic hydroxyl groups excluding tert-OH is 1. The van der Waals surface area contributed by atoms with Gasteiger partial charge in [-0.15, -0.1) is 0 Å². The third kappa shape index (κ3) is 73.1. The van der Waals surface area contributed by atoms with Crippen molar-refractivity contribution in [2.24, 2.45) is 0 Å². The van der Waals surface area contributed by atoms with Crippen LogP contribution >= 0.6 is 0 Å². The molecule has 5 nitrogen and oxygen atoms in total. The molecule has 0 aromatic carbocycles. The first-order chi connectivity index (χ1) is 5.06. The Kier molecular flexibility index (Phi) is 10.9. The Bertz CT molecular complexity index is 189. The van der Waals surface area contributed by atoms with Gasteiger partial charge >= 0.3 is 0 Å². The summed E-state index contributed by atoms with van der Waals surface area (Å²) in [5, 5.41) is 8.39. The SMILES string of the molecule is CS(=O)(=O)O.C[N+](C)(C)CCO.[Cl-]. The lowest BCUT2D eigenvalue weighted by molar-refractivity contribution is -0.870. The van der Waals surface area contributed by atoms with Crippen LogP contribution in [0.15, 0.2) is 0 Å². The molecular formula is C6H18ClNO4S. The monoisotopic (exact) mass is 235 g/mol. The predicted octanol–water partition coefficient (Wildman–Crippen LogP) is -3.81. The lowest BCUT2D eigenvalue weighted by Gasteiger charge is -2.21. The highest BCUT2D eigenvalue weighted by atomic mass is 35.5. The number of rotatable bonds is 2. The molecule has 0 amide bonds. The van der Waals surface area contributed by atoms with Gasteiger partial charge in [0.25, 0.3) is 10.1 Å². The van der Waals surface area contributed by atoms with Gasteiger partial charge in [-0.05, 0) is 0 Å². The summed E-state index contributed by atoms with van der Waals surface area (Å²) in [6, 6.07) is 0. The van der Waals surface area contributed by atoms with Gasteiger partial charge in [0.05, 0.1) is 34.0 Å². The minimum Gasteiger partial charge on any atom is -1.00 e. The summed E-state index contributed by atoms with van der Waals surface area (Å²) in [7, 11) is 2.49. The van der Waals surface area contributed by atoms with Crippen LogP contribution in [0.1, 0.15) is 0 Å². The van der Waals surface area contributed by atoms with Gasteiger partial charge in [-0.25, -0.2) is 0 Å². The predicted molar refractivity (Wildman–Crippen MR) is 47.5 cm³/mol. The van der Waals surface area contributed by atoms with Crippen LogP contribution in [-0.4, -0.2) is 63.1 Å². The van der Waals surface area contributed by atoms with E-state index in [1.807, 2.05) is 0 Å². The van der Waals surface area contributed by atoms with E-state index < -0.39 is 10.1 Å². The van der Waals surface area contributed by atoms with E-state index in [4.69, 9.17) is 9.66 Å². The lowest BCUT2D eigenvalue weighted by Crippen LogP contribution is -3.00. The summed E-state index contributed by atoms with van der Waals surface area (Å²) in [5.74, 6) is 0. The van der Waals surface area contributed by atoms with Crippen molar-refractivity contribution in [3.63, 3.8) is 0 Å². The molecule has 0 aliphatic carbocycles. The first kappa shape index (κ1) is 18.8. The number of hydrogen-bond acceptors (Lipinski definition) is 3. The molecule has 0 unspecified atom stereocenters. The van der Waals surface area contributed by atoms with Gasteiger partial charge in [-0.1, -0.05) is 0 Å². The van der Waals surface area contributed by atoms with Crippen molar-refractivity contribution in [1.82, 2.24) is 0 Å². The van der Waals surface area contributed by atoms with Gasteiger partial charge in [0.1, 0.15) is 6.54 Å². The molecule has 0 saturated carbocycles. The van der Waals surface area contributed by atoms with Crippen LogP contribution in [0.25, 0.3) is 0 Å². The Balaban J connectivity index is -0.000000150. The maximum absolute atomic E-state index is 9.19. The molecule has 0 aliphatic rings. The molecule has 0 spiro atoms. The Morgan fingerprint density at radius 3 is 1.46 bits per heavy atom. The number of aliphatic hydroxyl groups is 1. The van der Waals surface area contributed by atoms with E-state index in [2.05, 4.69) is 21.1 Å². The Morgan fingerprint density at radius 1 is 1.23 bits per heavy atom. The second kappa shape index (κ2) is 7.52. The second-order valence-electron chi connectivity index (χ2n) is 3.47. The molecule has 0 fully saturated rings. The summed E-state index contributed by atoms with van der Waals surface area (Å²) in [6.45, 7) is 1.11. The highest BCUT2D eigenvalue weighted by Gasteiger charge is 2.02. The molecule has 0 saturated heterocycles. The Labute approximate surface area is 86.1 Å². The molecule has 0 aliphatic heterocycles. The van der Waals surface area contributed by atoms with Crippen molar-refractivity contribution in [2.45, 2.75) is 0 Å². The van der Waals surface area contributed by atoms with E-state index in [1.54, 1.807) is 0 Å². The van der Waals surface area contributed by atoms with Gasteiger partial charge < -0.3 is 22.0 Å². The Hall–Kier alpha value is 0.120. The molecule has 7 heteroatoms. The molecule has 84 valence electrons. The zero-order chi connectivity index (χ0) is 10.4. The number of likely N-dealkylation sites (N-methyl/N-ethyl adjacent to an activating group) is 1. The molecule has 0 rings (SSSR count). The summed E-state index contributed by atoms with van der Waals surface area (Å²) < 4.78 is 26.7. The molecule has 2 N–H and O–H groups in total. The smallest absolute Gasteiger partial charge is 0.261 e. The zero-order valence-corrected chi connectivity index (χ0v) is 9.93. The maximum atomic E-state index is 9.19. The van der Waals surface area contributed by atoms with E-state index in [0.29, 0.717) is 6.26 Å². The fraction of sp³-hybridized carbons (Fsp3) is 1.00. The molecule has 0 radical (unpaired) electrons. The van der Waals surface area contributed by atoms with E-state index in [0.717, 1.165) is 11.0 Å². The molecule has 0 heterocycles. The van der Waals surface area contributed by atoms with Crippen LogP contribution in [0.5, 0.6) is 0 Å². The molecule has 0 bridgehead atoms. The van der Waals surface area contributed by atoms with Crippen molar-refractivity contribution in [3.8, 4) is 0 Å². The van der Waals surface area contributed by atoms with Crippen LogP contribution in [0.3, 0.4) is 0 Å². The maximum Gasteiger partial charge on any atom is 0.261 e. The highest BCUT2D eigenvalue weighted by molar-refractivity contribution is 7.85. The normalized spacial score (nSPS) is 10.9. The summed E-state index contributed by atoms with van der Waals surface area (Å²) >= 11 is 0. The van der Waals surface area contributed by atoms with E-state index in [9.17, 15) is 8.42 Å².